The zero-order valence-electron chi connectivity index (χ0n) is 13.3. The highest BCUT2D eigenvalue weighted by Crippen LogP contribution is 2.51. The van der Waals surface area contributed by atoms with Crippen LogP contribution in [0.1, 0.15) is 37.2 Å². The number of carbonyl (C=O) groups is 2. The summed E-state index contributed by atoms with van der Waals surface area (Å²) in [6.45, 7) is 0. The molecule has 2 bridgehead atoms. The molecule has 0 spiro atoms. The molecule has 1 amide bonds. The Kier molecular flexibility index (Phi) is 3.58. The average Bonchev–Trinajstić information content (AvgIpc) is 3.15. The van der Waals surface area contributed by atoms with Crippen molar-refractivity contribution in [3.05, 3.63) is 30.1 Å². The van der Waals surface area contributed by atoms with Gasteiger partial charge in [0.05, 0.1) is 13.0 Å². The lowest BCUT2D eigenvalue weighted by molar-refractivity contribution is -0.148. The molecule has 0 radical (unpaired) electrons. The van der Waals surface area contributed by atoms with Gasteiger partial charge in [-0.25, -0.2) is 0 Å². The molecule has 1 heterocycles. The van der Waals surface area contributed by atoms with E-state index in [0.717, 1.165) is 31.2 Å². The lowest BCUT2D eigenvalue weighted by Crippen LogP contribution is -2.47. The van der Waals surface area contributed by atoms with E-state index in [1.165, 1.54) is 7.11 Å². The van der Waals surface area contributed by atoms with Gasteiger partial charge in [-0.15, -0.1) is 0 Å². The first-order valence-corrected chi connectivity index (χ1v) is 8.47. The monoisotopic (exact) mass is 314 g/mol. The number of hydrogen-bond acceptors (Lipinski definition) is 4. The van der Waals surface area contributed by atoms with Crippen LogP contribution in [0.3, 0.4) is 0 Å². The highest BCUT2D eigenvalue weighted by atomic mass is 16.5. The molecule has 122 valence electrons. The second-order valence-corrected chi connectivity index (χ2v) is 7.15. The van der Waals surface area contributed by atoms with Gasteiger partial charge >= 0.3 is 5.97 Å². The van der Waals surface area contributed by atoms with Crippen molar-refractivity contribution in [3.63, 3.8) is 0 Å². The largest absolute Gasteiger partial charge is 0.469 e. The molecule has 0 aliphatic heterocycles. The first kappa shape index (κ1) is 14.7. The van der Waals surface area contributed by atoms with Crippen molar-refractivity contribution in [1.82, 2.24) is 10.3 Å². The Morgan fingerprint density at radius 1 is 1.26 bits per heavy atom. The van der Waals surface area contributed by atoms with Crippen LogP contribution in [-0.4, -0.2) is 30.0 Å². The number of fused-ring (bicyclic) bond motifs is 2. The molecule has 3 aliphatic carbocycles. The third-order valence-corrected chi connectivity index (χ3v) is 5.94. The summed E-state index contributed by atoms with van der Waals surface area (Å²) in [6, 6.07) is 3.90. The maximum atomic E-state index is 12.6. The molecule has 5 nitrogen and oxygen atoms in total. The minimum Gasteiger partial charge on any atom is -0.469 e. The summed E-state index contributed by atoms with van der Waals surface area (Å²) in [6.07, 6.45) is 7.70. The number of nitrogens with zero attached hydrogens (tertiary/aromatic N) is 1. The van der Waals surface area contributed by atoms with E-state index < -0.39 is 0 Å². The van der Waals surface area contributed by atoms with Crippen LogP contribution in [-0.2, 0) is 14.3 Å². The molecule has 0 aromatic carbocycles. The molecule has 1 N–H and O–H groups in total. The van der Waals surface area contributed by atoms with Gasteiger partial charge in [-0.05, 0) is 55.1 Å². The summed E-state index contributed by atoms with van der Waals surface area (Å²) in [4.78, 5) is 28.8. The maximum Gasteiger partial charge on any atom is 0.311 e. The lowest BCUT2D eigenvalue weighted by atomic mass is 9.84. The number of rotatable bonds is 4. The molecule has 3 aliphatic rings. The first-order chi connectivity index (χ1) is 11.2. The summed E-state index contributed by atoms with van der Waals surface area (Å²) in [5.74, 6) is 0.885. The quantitative estimate of drug-likeness (QED) is 0.862. The fourth-order valence-electron chi connectivity index (χ4n) is 4.69. The molecular formula is C18H22N2O3. The Bertz CT molecular complexity index is 618. The van der Waals surface area contributed by atoms with Crippen molar-refractivity contribution in [2.45, 2.75) is 37.6 Å². The van der Waals surface area contributed by atoms with E-state index >= 15 is 0 Å². The number of esters is 1. The molecule has 4 rings (SSSR count). The van der Waals surface area contributed by atoms with E-state index in [2.05, 4.69) is 10.3 Å². The van der Waals surface area contributed by atoms with E-state index in [-0.39, 0.29) is 35.7 Å². The smallest absolute Gasteiger partial charge is 0.311 e. The van der Waals surface area contributed by atoms with Gasteiger partial charge < -0.3 is 10.1 Å². The van der Waals surface area contributed by atoms with Crippen molar-refractivity contribution >= 4 is 11.9 Å². The predicted octanol–water partition coefficient (Wildman–Crippen LogP) is 1.89. The van der Waals surface area contributed by atoms with Crippen LogP contribution < -0.4 is 5.32 Å². The van der Waals surface area contributed by atoms with Crippen molar-refractivity contribution in [2.24, 2.45) is 23.7 Å². The maximum absolute atomic E-state index is 12.6. The van der Waals surface area contributed by atoms with Gasteiger partial charge in [0.2, 0.25) is 5.91 Å². The van der Waals surface area contributed by atoms with Crippen molar-refractivity contribution in [2.75, 3.05) is 7.11 Å². The zero-order valence-corrected chi connectivity index (χ0v) is 13.3. The molecule has 3 fully saturated rings. The highest BCUT2D eigenvalue weighted by Gasteiger charge is 2.53. The van der Waals surface area contributed by atoms with Gasteiger partial charge in [-0.1, -0.05) is 6.07 Å². The van der Waals surface area contributed by atoms with E-state index in [4.69, 9.17) is 4.74 Å². The first-order valence-electron chi connectivity index (χ1n) is 8.47. The molecule has 1 aromatic rings. The Balaban J connectivity index is 1.42. The number of hydrogen-bond donors (Lipinski definition) is 1. The molecule has 1 aromatic heterocycles. The number of carbonyl (C=O) groups excluding carboxylic acids is 2. The molecule has 0 saturated heterocycles. The van der Waals surface area contributed by atoms with Crippen LogP contribution in [0, 0.1) is 23.7 Å². The summed E-state index contributed by atoms with van der Waals surface area (Å²) in [7, 11) is 1.44. The third-order valence-electron chi connectivity index (χ3n) is 5.94. The molecular weight excluding hydrogens is 292 g/mol. The van der Waals surface area contributed by atoms with Crippen molar-refractivity contribution in [3.8, 4) is 0 Å². The predicted molar refractivity (Wildman–Crippen MR) is 83.4 cm³/mol. The van der Waals surface area contributed by atoms with Crippen LogP contribution in [0.25, 0.3) is 0 Å². The Morgan fingerprint density at radius 3 is 2.83 bits per heavy atom. The third kappa shape index (κ3) is 2.52. The topological polar surface area (TPSA) is 68.3 Å². The molecule has 6 atom stereocenters. The summed E-state index contributed by atoms with van der Waals surface area (Å²) in [5, 5.41) is 3.18. The SMILES string of the molecule is COC(=O)[C@@H]1[C@H]2CC[C@@H](C2)[C@@H]1NC(=O)[C@@H]1C[C@H]1c1cccnc1. The Morgan fingerprint density at radius 2 is 2.09 bits per heavy atom. The minimum absolute atomic E-state index is 0.0247. The van der Waals surface area contributed by atoms with Crippen LogP contribution in [0.2, 0.25) is 0 Å². The number of nitrogens with one attached hydrogen (secondary N) is 1. The van der Waals surface area contributed by atoms with E-state index in [1.54, 1.807) is 6.20 Å². The second-order valence-electron chi connectivity index (χ2n) is 7.15. The van der Waals surface area contributed by atoms with Crippen LogP contribution in [0.4, 0.5) is 0 Å². The molecule has 0 unspecified atom stereocenters. The van der Waals surface area contributed by atoms with Crippen molar-refractivity contribution in [1.29, 1.82) is 0 Å². The van der Waals surface area contributed by atoms with Crippen LogP contribution in [0.15, 0.2) is 24.5 Å². The summed E-state index contributed by atoms with van der Waals surface area (Å²) in [5.41, 5.74) is 1.13. The number of pyridine rings is 1. The van der Waals surface area contributed by atoms with E-state index in [9.17, 15) is 9.59 Å². The average molecular weight is 314 g/mol. The normalized spacial score (nSPS) is 37.4. The Hall–Kier alpha value is -1.91. The van der Waals surface area contributed by atoms with Gasteiger partial charge in [-0.2, -0.15) is 0 Å². The fraction of sp³-hybridized carbons (Fsp3) is 0.611. The van der Waals surface area contributed by atoms with Gasteiger partial charge in [0, 0.05) is 24.4 Å². The zero-order chi connectivity index (χ0) is 16.0. The standard InChI is InChI=1S/C18H22N2O3/c1-23-18(22)15-10-4-5-11(7-10)16(15)20-17(21)14-8-13(14)12-3-2-6-19-9-12/h2-3,6,9-11,13-16H,4-5,7-8H2,1H3,(H,20,21)/t10-,11-,13-,14+,15+,16-/m0/s1. The summed E-state index contributed by atoms with van der Waals surface area (Å²) >= 11 is 0. The summed E-state index contributed by atoms with van der Waals surface area (Å²) < 4.78 is 4.97. The number of ether oxygens (including phenoxy) is 1. The van der Waals surface area contributed by atoms with E-state index in [0.29, 0.717) is 11.8 Å². The molecule has 23 heavy (non-hydrogen) atoms. The lowest BCUT2D eigenvalue weighted by Gasteiger charge is -2.29. The van der Waals surface area contributed by atoms with Gasteiger partial charge in [-0.3, -0.25) is 14.6 Å². The number of methoxy groups -OCH3 is 1. The minimum atomic E-state index is -0.165. The fourth-order valence-corrected chi connectivity index (χ4v) is 4.69. The van der Waals surface area contributed by atoms with E-state index in [1.807, 2.05) is 18.3 Å². The number of amides is 1. The van der Waals surface area contributed by atoms with Gasteiger partial charge in [0.15, 0.2) is 0 Å². The molecule has 5 heteroatoms. The van der Waals surface area contributed by atoms with Crippen LogP contribution in [0.5, 0.6) is 0 Å². The number of aromatic nitrogens is 1. The van der Waals surface area contributed by atoms with Gasteiger partial charge in [0.25, 0.3) is 0 Å². The van der Waals surface area contributed by atoms with Crippen LogP contribution >= 0.6 is 0 Å². The second kappa shape index (κ2) is 5.62. The molecule has 3 saturated carbocycles. The highest BCUT2D eigenvalue weighted by molar-refractivity contribution is 5.84. The van der Waals surface area contributed by atoms with Gasteiger partial charge in [0.1, 0.15) is 0 Å². The van der Waals surface area contributed by atoms with Crippen molar-refractivity contribution < 1.29 is 14.3 Å². The Labute approximate surface area is 135 Å².